The van der Waals surface area contributed by atoms with Gasteiger partial charge in [-0.25, -0.2) is 0 Å². The average molecular weight is 294 g/mol. The lowest BCUT2D eigenvalue weighted by Crippen LogP contribution is -2.40. The molecule has 0 aromatic heterocycles. The van der Waals surface area contributed by atoms with E-state index < -0.39 is 11.0 Å². The minimum absolute atomic E-state index is 0.0327. The maximum Gasteiger partial charge on any atom is 0.269 e. The van der Waals surface area contributed by atoms with E-state index >= 15 is 0 Å². The highest BCUT2D eigenvalue weighted by atomic mass is 16.6. The van der Waals surface area contributed by atoms with E-state index in [4.69, 9.17) is 4.74 Å². The van der Waals surface area contributed by atoms with Gasteiger partial charge >= 0.3 is 0 Å². The summed E-state index contributed by atoms with van der Waals surface area (Å²) in [6.45, 7) is 5.11. The summed E-state index contributed by atoms with van der Waals surface area (Å²) in [6, 6.07) is 5.89. The Bertz CT molecular complexity index is 455. The Kier molecular flexibility index (Phi) is 5.52. The second-order valence-corrected chi connectivity index (χ2v) is 5.70. The summed E-state index contributed by atoms with van der Waals surface area (Å²) in [4.78, 5) is 12.3. The van der Waals surface area contributed by atoms with E-state index in [1.807, 2.05) is 0 Å². The monoisotopic (exact) mass is 294 g/mol. The lowest BCUT2D eigenvalue weighted by molar-refractivity contribution is -0.384. The van der Waals surface area contributed by atoms with Crippen LogP contribution in [0.1, 0.15) is 19.8 Å². The molecule has 116 valence electrons. The number of aliphatic hydroxyl groups excluding tert-OH is 1. The first-order valence-corrected chi connectivity index (χ1v) is 7.32. The molecule has 1 aromatic rings. The van der Waals surface area contributed by atoms with Crippen LogP contribution in [0.25, 0.3) is 0 Å². The Morgan fingerprint density at radius 1 is 1.38 bits per heavy atom. The highest BCUT2D eigenvalue weighted by Crippen LogP contribution is 2.18. The van der Waals surface area contributed by atoms with Gasteiger partial charge in [0, 0.05) is 18.7 Å². The number of hydrogen-bond donors (Lipinski definition) is 1. The second-order valence-electron chi connectivity index (χ2n) is 5.70. The van der Waals surface area contributed by atoms with Crippen molar-refractivity contribution >= 4 is 5.69 Å². The van der Waals surface area contributed by atoms with Gasteiger partial charge in [-0.15, -0.1) is 0 Å². The first-order chi connectivity index (χ1) is 10.0. The fourth-order valence-electron chi connectivity index (χ4n) is 2.45. The summed E-state index contributed by atoms with van der Waals surface area (Å²) in [7, 11) is 0. The van der Waals surface area contributed by atoms with Gasteiger partial charge < -0.3 is 14.7 Å². The predicted molar refractivity (Wildman–Crippen MR) is 79.4 cm³/mol. The number of nitrogens with zero attached hydrogens (tertiary/aromatic N) is 2. The molecule has 1 heterocycles. The smallest absolute Gasteiger partial charge is 0.269 e. The van der Waals surface area contributed by atoms with E-state index in [1.165, 1.54) is 25.0 Å². The molecule has 1 aliphatic rings. The SMILES string of the molecule is CC1CCN(C[C@H](O)COc2ccc([N+](=O)[O-])cc2)CC1. The quantitative estimate of drug-likeness (QED) is 0.642. The van der Waals surface area contributed by atoms with Crippen LogP contribution < -0.4 is 4.74 Å². The van der Waals surface area contributed by atoms with Crippen molar-refractivity contribution in [3.8, 4) is 5.75 Å². The van der Waals surface area contributed by atoms with E-state index in [1.54, 1.807) is 12.1 Å². The fraction of sp³-hybridized carbons (Fsp3) is 0.600. The van der Waals surface area contributed by atoms with Crippen LogP contribution in [0.15, 0.2) is 24.3 Å². The molecule has 1 saturated heterocycles. The Labute approximate surface area is 124 Å². The molecule has 6 nitrogen and oxygen atoms in total. The number of nitro benzene ring substituents is 1. The number of ether oxygens (including phenoxy) is 1. The van der Waals surface area contributed by atoms with E-state index in [-0.39, 0.29) is 12.3 Å². The number of hydrogen-bond acceptors (Lipinski definition) is 5. The van der Waals surface area contributed by atoms with Crippen molar-refractivity contribution in [2.24, 2.45) is 5.92 Å². The van der Waals surface area contributed by atoms with Gasteiger partial charge in [0.2, 0.25) is 0 Å². The third kappa shape index (κ3) is 4.99. The lowest BCUT2D eigenvalue weighted by atomic mass is 9.99. The van der Waals surface area contributed by atoms with Gasteiger partial charge in [0.25, 0.3) is 5.69 Å². The van der Waals surface area contributed by atoms with Crippen molar-refractivity contribution in [3.05, 3.63) is 34.4 Å². The summed E-state index contributed by atoms with van der Waals surface area (Å²) in [5, 5.41) is 20.5. The normalized spacial score (nSPS) is 18.4. The summed E-state index contributed by atoms with van der Waals surface area (Å²) in [6.07, 6.45) is 1.81. The molecule has 0 amide bonds. The third-order valence-corrected chi connectivity index (χ3v) is 3.84. The van der Waals surface area contributed by atoms with E-state index in [0.717, 1.165) is 19.0 Å². The molecule has 0 spiro atoms. The Morgan fingerprint density at radius 2 is 2.00 bits per heavy atom. The molecule has 1 aromatic carbocycles. The summed E-state index contributed by atoms with van der Waals surface area (Å²) >= 11 is 0. The molecule has 6 heteroatoms. The van der Waals surface area contributed by atoms with E-state index in [0.29, 0.717) is 12.3 Å². The predicted octanol–water partition coefficient (Wildman–Crippen LogP) is 2.07. The number of β-amino-alcohol motifs (C(OH)–C–C–N with tert-alkyl or cyclic N) is 1. The first kappa shape index (κ1) is 15.7. The van der Waals surface area contributed by atoms with Crippen molar-refractivity contribution in [1.29, 1.82) is 0 Å². The molecule has 1 N–H and O–H groups in total. The van der Waals surface area contributed by atoms with Gasteiger partial charge in [-0.1, -0.05) is 6.92 Å². The van der Waals surface area contributed by atoms with Crippen molar-refractivity contribution in [2.75, 3.05) is 26.2 Å². The summed E-state index contributed by atoms with van der Waals surface area (Å²) < 4.78 is 5.47. The zero-order valence-electron chi connectivity index (χ0n) is 12.3. The Morgan fingerprint density at radius 3 is 2.57 bits per heavy atom. The molecular weight excluding hydrogens is 272 g/mol. The molecular formula is C15H22N2O4. The van der Waals surface area contributed by atoms with Gasteiger partial charge in [0.1, 0.15) is 18.5 Å². The zero-order valence-corrected chi connectivity index (χ0v) is 12.3. The van der Waals surface area contributed by atoms with Crippen LogP contribution >= 0.6 is 0 Å². The second kappa shape index (κ2) is 7.38. The molecule has 0 unspecified atom stereocenters. The summed E-state index contributed by atoms with van der Waals surface area (Å²) in [5.74, 6) is 1.31. The van der Waals surface area contributed by atoms with Crippen LogP contribution in [0.4, 0.5) is 5.69 Å². The van der Waals surface area contributed by atoms with E-state index in [9.17, 15) is 15.2 Å². The highest BCUT2D eigenvalue weighted by molar-refractivity contribution is 5.35. The number of piperidine rings is 1. The largest absolute Gasteiger partial charge is 0.491 e. The molecule has 0 radical (unpaired) electrons. The summed E-state index contributed by atoms with van der Waals surface area (Å²) in [5.41, 5.74) is 0.0327. The number of benzene rings is 1. The van der Waals surface area contributed by atoms with E-state index in [2.05, 4.69) is 11.8 Å². The van der Waals surface area contributed by atoms with Crippen LogP contribution in [-0.4, -0.2) is 47.3 Å². The maximum atomic E-state index is 10.5. The average Bonchev–Trinajstić information content (AvgIpc) is 2.48. The number of likely N-dealkylation sites (tertiary alicyclic amines) is 1. The molecule has 2 rings (SSSR count). The number of nitro groups is 1. The van der Waals surface area contributed by atoms with Gasteiger partial charge in [-0.3, -0.25) is 10.1 Å². The van der Waals surface area contributed by atoms with Crippen LogP contribution in [0.3, 0.4) is 0 Å². The lowest BCUT2D eigenvalue weighted by Gasteiger charge is -2.31. The highest BCUT2D eigenvalue weighted by Gasteiger charge is 2.18. The number of rotatable bonds is 6. The fourth-order valence-corrected chi connectivity index (χ4v) is 2.45. The van der Waals surface area contributed by atoms with Gasteiger partial charge in [0.15, 0.2) is 0 Å². The van der Waals surface area contributed by atoms with Crippen molar-refractivity contribution in [1.82, 2.24) is 4.90 Å². The van der Waals surface area contributed by atoms with Crippen LogP contribution in [0.2, 0.25) is 0 Å². The first-order valence-electron chi connectivity index (χ1n) is 7.32. The molecule has 0 aliphatic carbocycles. The topological polar surface area (TPSA) is 75.8 Å². The van der Waals surface area contributed by atoms with Crippen molar-refractivity contribution in [3.63, 3.8) is 0 Å². The third-order valence-electron chi connectivity index (χ3n) is 3.84. The van der Waals surface area contributed by atoms with Gasteiger partial charge in [-0.2, -0.15) is 0 Å². The zero-order chi connectivity index (χ0) is 15.2. The maximum absolute atomic E-state index is 10.5. The molecule has 1 aliphatic heterocycles. The van der Waals surface area contributed by atoms with Crippen molar-refractivity contribution < 1.29 is 14.8 Å². The van der Waals surface area contributed by atoms with Crippen molar-refractivity contribution in [2.45, 2.75) is 25.9 Å². The molecule has 21 heavy (non-hydrogen) atoms. The molecule has 0 saturated carbocycles. The Balaban J connectivity index is 1.73. The van der Waals surface area contributed by atoms with Crippen LogP contribution in [-0.2, 0) is 0 Å². The Hall–Kier alpha value is -1.66. The van der Waals surface area contributed by atoms with Crippen LogP contribution in [0, 0.1) is 16.0 Å². The minimum Gasteiger partial charge on any atom is -0.491 e. The van der Waals surface area contributed by atoms with Crippen LogP contribution in [0.5, 0.6) is 5.75 Å². The molecule has 1 atom stereocenters. The molecule has 0 bridgehead atoms. The number of aliphatic hydroxyl groups is 1. The van der Waals surface area contributed by atoms with Gasteiger partial charge in [0.05, 0.1) is 4.92 Å². The van der Waals surface area contributed by atoms with Gasteiger partial charge in [-0.05, 0) is 44.0 Å². The standard InChI is InChI=1S/C15H22N2O4/c1-12-6-8-16(9-7-12)10-14(18)11-21-15-4-2-13(3-5-15)17(19)20/h2-5,12,14,18H,6-11H2,1H3/t14-/m0/s1. The number of non-ortho nitro benzene ring substituents is 1. The molecule has 1 fully saturated rings. The minimum atomic E-state index is -0.548.